The number of hydrogen-bond donors (Lipinski definition) is 1. The molecule has 0 bridgehead atoms. The van der Waals surface area contributed by atoms with Crippen LogP contribution in [0.2, 0.25) is 0 Å². The van der Waals surface area contributed by atoms with Crippen LogP contribution in [0.5, 0.6) is 0 Å². The Morgan fingerprint density at radius 2 is 1.96 bits per heavy atom. The number of aliphatic carboxylic acids is 1. The summed E-state index contributed by atoms with van der Waals surface area (Å²) in [5.41, 5.74) is 1.36. The van der Waals surface area contributed by atoms with Gasteiger partial charge >= 0.3 is 5.97 Å². The summed E-state index contributed by atoms with van der Waals surface area (Å²) in [4.78, 5) is 16.7. The summed E-state index contributed by atoms with van der Waals surface area (Å²) >= 11 is 0. The summed E-state index contributed by atoms with van der Waals surface area (Å²) in [6, 6.07) is 4.79. The topological polar surface area (TPSA) is 53.4 Å². The molecule has 1 aliphatic rings. The van der Waals surface area contributed by atoms with Crippen molar-refractivity contribution in [2.24, 2.45) is 0 Å². The first-order valence-electron chi connectivity index (χ1n) is 9.47. The molecule has 1 aromatic rings. The van der Waals surface area contributed by atoms with Crippen molar-refractivity contribution in [2.75, 3.05) is 13.6 Å². The van der Waals surface area contributed by atoms with Gasteiger partial charge in [-0.2, -0.15) is 0 Å². The number of unbranched alkanes of at least 4 members (excludes halogenated alkanes) is 6. The Kier molecular flexibility index (Phi) is 11.1. The first-order valence-corrected chi connectivity index (χ1v) is 9.47. The number of carboxylic acids is 1. The highest BCUT2D eigenvalue weighted by Gasteiger charge is 2.21. The van der Waals surface area contributed by atoms with Crippen LogP contribution in [0, 0.1) is 0 Å². The molecule has 0 aliphatic carbocycles. The molecule has 1 unspecified atom stereocenters. The van der Waals surface area contributed by atoms with E-state index in [4.69, 9.17) is 5.11 Å². The maximum absolute atomic E-state index is 10.1. The van der Waals surface area contributed by atoms with Gasteiger partial charge in [0, 0.05) is 24.9 Å². The summed E-state index contributed by atoms with van der Waals surface area (Å²) in [6.07, 6.45) is 15.0. The van der Waals surface area contributed by atoms with E-state index in [0.29, 0.717) is 12.5 Å². The molecule has 2 rings (SSSR count). The fourth-order valence-corrected chi connectivity index (χ4v) is 3.14. The minimum absolute atomic E-state index is 0.341. The average molecular weight is 335 g/mol. The van der Waals surface area contributed by atoms with E-state index < -0.39 is 5.97 Å². The standard InChI is InChI=1S/C10H14N2.C10H20O2/c1-12-7-3-5-10(12)9-4-2-6-11-8-9;1-2-3-4-5-6-7-8-9-10(11)12/h2,4,6,8,10H,3,5,7H2,1H3;2-9H2,1H3,(H,11,12). The molecular weight excluding hydrogens is 300 g/mol. The van der Waals surface area contributed by atoms with Gasteiger partial charge < -0.3 is 5.11 Å². The highest BCUT2D eigenvalue weighted by Crippen LogP contribution is 2.29. The van der Waals surface area contributed by atoms with E-state index in [0.717, 1.165) is 12.8 Å². The number of carbonyl (C=O) groups is 1. The monoisotopic (exact) mass is 334 g/mol. The van der Waals surface area contributed by atoms with Crippen LogP contribution in [0.4, 0.5) is 0 Å². The van der Waals surface area contributed by atoms with Gasteiger partial charge in [0.05, 0.1) is 0 Å². The van der Waals surface area contributed by atoms with Gasteiger partial charge in [-0.15, -0.1) is 0 Å². The third-order valence-corrected chi connectivity index (χ3v) is 4.58. The number of hydrogen-bond acceptors (Lipinski definition) is 3. The van der Waals surface area contributed by atoms with Crippen LogP contribution in [0.15, 0.2) is 24.5 Å². The predicted molar refractivity (Wildman–Crippen MR) is 99.1 cm³/mol. The van der Waals surface area contributed by atoms with E-state index in [9.17, 15) is 4.79 Å². The molecular formula is C20H34N2O2. The van der Waals surface area contributed by atoms with Gasteiger partial charge in [-0.05, 0) is 44.5 Å². The number of rotatable bonds is 9. The second kappa shape index (κ2) is 12.9. The van der Waals surface area contributed by atoms with Crippen LogP contribution in [0.3, 0.4) is 0 Å². The maximum Gasteiger partial charge on any atom is 0.303 e. The van der Waals surface area contributed by atoms with Crippen LogP contribution in [0.1, 0.15) is 82.7 Å². The van der Waals surface area contributed by atoms with Gasteiger partial charge in [0.15, 0.2) is 0 Å². The van der Waals surface area contributed by atoms with Gasteiger partial charge in [0.25, 0.3) is 0 Å². The van der Waals surface area contributed by atoms with Crippen molar-refractivity contribution in [3.63, 3.8) is 0 Å². The smallest absolute Gasteiger partial charge is 0.303 e. The molecule has 4 nitrogen and oxygen atoms in total. The summed E-state index contributed by atoms with van der Waals surface area (Å²) < 4.78 is 0. The van der Waals surface area contributed by atoms with Gasteiger partial charge in [0.2, 0.25) is 0 Å². The van der Waals surface area contributed by atoms with E-state index in [1.54, 1.807) is 0 Å². The second-order valence-corrected chi connectivity index (χ2v) is 6.69. The second-order valence-electron chi connectivity index (χ2n) is 6.69. The zero-order valence-corrected chi connectivity index (χ0v) is 15.4. The Morgan fingerprint density at radius 3 is 2.50 bits per heavy atom. The lowest BCUT2D eigenvalue weighted by Gasteiger charge is -2.18. The first-order chi connectivity index (χ1) is 11.6. The van der Waals surface area contributed by atoms with Crippen molar-refractivity contribution >= 4 is 5.97 Å². The number of likely N-dealkylation sites (tertiary alicyclic amines) is 1. The van der Waals surface area contributed by atoms with Gasteiger partial charge in [-0.1, -0.05) is 51.5 Å². The first kappa shape index (κ1) is 20.6. The Hall–Kier alpha value is -1.42. The van der Waals surface area contributed by atoms with E-state index in [1.165, 1.54) is 57.1 Å². The fraction of sp³-hybridized carbons (Fsp3) is 0.700. The molecule has 1 fully saturated rings. The van der Waals surface area contributed by atoms with Crippen LogP contribution < -0.4 is 0 Å². The molecule has 0 amide bonds. The van der Waals surface area contributed by atoms with E-state index in [1.807, 2.05) is 18.5 Å². The molecule has 0 aromatic carbocycles. The molecule has 0 saturated carbocycles. The van der Waals surface area contributed by atoms with E-state index >= 15 is 0 Å². The zero-order valence-electron chi connectivity index (χ0n) is 15.4. The Balaban J connectivity index is 0.000000240. The molecule has 2 heterocycles. The molecule has 24 heavy (non-hydrogen) atoms. The van der Waals surface area contributed by atoms with Crippen LogP contribution in [0.25, 0.3) is 0 Å². The normalized spacial score (nSPS) is 17.3. The fourth-order valence-electron chi connectivity index (χ4n) is 3.14. The van der Waals surface area contributed by atoms with Crippen LogP contribution in [-0.4, -0.2) is 34.6 Å². The summed E-state index contributed by atoms with van der Waals surface area (Å²) in [5.74, 6) is -0.663. The molecule has 4 heteroatoms. The molecule has 1 N–H and O–H groups in total. The van der Waals surface area contributed by atoms with Crippen molar-refractivity contribution in [1.29, 1.82) is 0 Å². The third kappa shape index (κ3) is 9.02. The highest BCUT2D eigenvalue weighted by atomic mass is 16.4. The highest BCUT2D eigenvalue weighted by molar-refractivity contribution is 5.66. The van der Waals surface area contributed by atoms with Crippen molar-refractivity contribution in [3.05, 3.63) is 30.1 Å². The quantitative estimate of drug-likeness (QED) is 0.641. The summed E-state index contributed by atoms with van der Waals surface area (Å²) in [7, 11) is 2.19. The molecule has 0 spiro atoms. The average Bonchev–Trinajstić information content (AvgIpc) is 3.01. The predicted octanol–water partition coefficient (Wildman–Crippen LogP) is 5.06. The van der Waals surface area contributed by atoms with Crippen molar-refractivity contribution in [2.45, 2.75) is 77.2 Å². The van der Waals surface area contributed by atoms with Gasteiger partial charge in [0.1, 0.15) is 0 Å². The Morgan fingerprint density at radius 1 is 1.25 bits per heavy atom. The lowest BCUT2D eigenvalue weighted by Crippen LogP contribution is -2.17. The Labute approximate surface area is 147 Å². The minimum atomic E-state index is -0.663. The summed E-state index contributed by atoms with van der Waals surface area (Å²) in [6.45, 7) is 3.42. The van der Waals surface area contributed by atoms with Crippen molar-refractivity contribution < 1.29 is 9.90 Å². The molecule has 1 saturated heterocycles. The van der Waals surface area contributed by atoms with Crippen molar-refractivity contribution in [3.8, 4) is 0 Å². The van der Waals surface area contributed by atoms with Crippen LogP contribution >= 0.6 is 0 Å². The SMILES string of the molecule is CCCCCCCCCC(=O)O.CN1CCCC1c1cccnc1. The molecule has 1 aromatic heterocycles. The lowest BCUT2D eigenvalue weighted by atomic mass is 10.1. The largest absolute Gasteiger partial charge is 0.481 e. The Bertz CT molecular complexity index is 437. The molecule has 136 valence electrons. The van der Waals surface area contributed by atoms with Gasteiger partial charge in [-0.25, -0.2) is 0 Å². The van der Waals surface area contributed by atoms with E-state index in [2.05, 4.69) is 29.9 Å². The molecule has 1 atom stereocenters. The van der Waals surface area contributed by atoms with Gasteiger partial charge in [-0.3, -0.25) is 14.7 Å². The minimum Gasteiger partial charge on any atom is -0.481 e. The number of pyridine rings is 1. The zero-order chi connectivity index (χ0) is 17.6. The summed E-state index contributed by atoms with van der Waals surface area (Å²) in [5, 5.41) is 8.35. The van der Waals surface area contributed by atoms with Crippen molar-refractivity contribution in [1.82, 2.24) is 9.88 Å². The third-order valence-electron chi connectivity index (χ3n) is 4.58. The number of nitrogens with zero attached hydrogens (tertiary/aromatic N) is 2. The van der Waals surface area contributed by atoms with E-state index in [-0.39, 0.29) is 0 Å². The lowest BCUT2D eigenvalue weighted by molar-refractivity contribution is -0.137. The maximum atomic E-state index is 10.1. The number of carboxylic acid groups (broad SMARTS) is 1. The number of aromatic nitrogens is 1. The molecule has 1 aliphatic heterocycles. The molecule has 0 radical (unpaired) electrons. The van der Waals surface area contributed by atoms with Crippen LogP contribution in [-0.2, 0) is 4.79 Å².